The fraction of sp³-hybridized carbons (Fsp3) is 0.250. The van der Waals surface area contributed by atoms with Gasteiger partial charge in [0.25, 0.3) is 11.8 Å². The van der Waals surface area contributed by atoms with E-state index < -0.39 is 36.2 Å². The SMILES string of the molecule is CC(C)C(NC(=O)c1ccccc1F)C(=O)OCC(=O)Nc1c(I)cc(I)cc1I. The first-order chi connectivity index (χ1) is 14.1. The Morgan fingerprint density at radius 2 is 1.67 bits per heavy atom. The summed E-state index contributed by atoms with van der Waals surface area (Å²) in [7, 11) is 0. The zero-order valence-electron chi connectivity index (χ0n) is 16.0. The number of esters is 1. The van der Waals surface area contributed by atoms with Gasteiger partial charge in [0.15, 0.2) is 6.61 Å². The summed E-state index contributed by atoms with van der Waals surface area (Å²) in [6.45, 7) is 2.92. The number of hydrogen-bond donors (Lipinski definition) is 2. The van der Waals surface area contributed by atoms with Gasteiger partial charge in [-0.05, 0) is 98.0 Å². The van der Waals surface area contributed by atoms with Gasteiger partial charge in [-0.3, -0.25) is 9.59 Å². The van der Waals surface area contributed by atoms with Gasteiger partial charge in [0.05, 0.1) is 11.3 Å². The molecule has 0 fully saturated rings. The fourth-order valence-corrected chi connectivity index (χ4v) is 6.28. The highest BCUT2D eigenvalue weighted by Gasteiger charge is 2.27. The number of ether oxygens (including phenoxy) is 1. The van der Waals surface area contributed by atoms with E-state index >= 15 is 0 Å². The first-order valence-corrected chi connectivity index (χ1v) is 12.0. The maximum Gasteiger partial charge on any atom is 0.329 e. The molecule has 2 amide bonds. The fourth-order valence-electron chi connectivity index (χ4n) is 2.43. The molecule has 160 valence electrons. The van der Waals surface area contributed by atoms with Crippen LogP contribution in [0.4, 0.5) is 10.1 Å². The highest BCUT2D eigenvalue weighted by Crippen LogP contribution is 2.27. The summed E-state index contributed by atoms with van der Waals surface area (Å²) < 4.78 is 21.7. The average molecular weight is 750 g/mol. The molecule has 10 heteroatoms. The van der Waals surface area contributed by atoms with E-state index in [1.54, 1.807) is 13.8 Å². The molecule has 2 aromatic rings. The Morgan fingerprint density at radius 1 is 1.07 bits per heavy atom. The van der Waals surface area contributed by atoms with Gasteiger partial charge in [-0.25, -0.2) is 9.18 Å². The molecule has 0 heterocycles. The van der Waals surface area contributed by atoms with Crippen molar-refractivity contribution >= 4 is 91.2 Å². The van der Waals surface area contributed by atoms with Crippen LogP contribution < -0.4 is 10.6 Å². The van der Waals surface area contributed by atoms with Gasteiger partial charge in [0.1, 0.15) is 11.9 Å². The lowest BCUT2D eigenvalue weighted by molar-refractivity contribution is -0.150. The van der Waals surface area contributed by atoms with Crippen molar-refractivity contribution in [3.8, 4) is 0 Å². The van der Waals surface area contributed by atoms with Gasteiger partial charge in [-0.2, -0.15) is 0 Å². The number of benzene rings is 2. The molecule has 2 N–H and O–H groups in total. The lowest BCUT2D eigenvalue weighted by Crippen LogP contribution is -2.46. The minimum absolute atomic E-state index is 0.170. The maximum atomic E-state index is 13.8. The molecular weight excluding hydrogens is 732 g/mol. The van der Waals surface area contributed by atoms with Crippen LogP contribution in [0.5, 0.6) is 0 Å². The van der Waals surface area contributed by atoms with Crippen molar-refractivity contribution < 1.29 is 23.5 Å². The molecule has 0 radical (unpaired) electrons. The number of carbonyl (C=O) groups excluding carboxylic acids is 3. The van der Waals surface area contributed by atoms with Crippen LogP contribution in [0.1, 0.15) is 24.2 Å². The van der Waals surface area contributed by atoms with Crippen molar-refractivity contribution in [1.29, 1.82) is 0 Å². The zero-order chi connectivity index (χ0) is 22.4. The van der Waals surface area contributed by atoms with E-state index in [0.717, 1.165) is 16.8 Å². The van der Waals surface area contributed by atoms with Crippen LogP contribution in [-0.4, -0.2) is 30.4 Å². The summed E-state index contributed by atoms with van der Waals surface area (Å²) in [5.41, 5.74) is 0.475. The molecule has 1 unspecified atom stereocenters. The zero-order valence-corrected chi connectivity index (χ0v) is 22.4. The molecule has 0 aromatic heterocycles. The summed E-state index contributed by atoms with van der Waals surface area (Å²) in [6, 6.07) is 8.28. The van der Waals surface area contributed by atoms with Crippen LogP contribution in [0.3, 0.4) is 0 Å². The lowest BCUT2D eigenvalue weighted by Gasteiger charge is -2.21. The smallest absolute Gasteiger partial charge is 0.329 e. The predicted octanol–water partition coefficient (Wildman–Crippen LogP) is 4.58. The monoisotopic (exact) mass is 750 g/mol. The molecule has 1 atom stereocenters. The second-order valence-corrected chi connectivity index (χ2v) is 10.1. The van der Waals surface area contributed by atoms with E-state index in [4.69, 9.17) is 4.74 Å². The number of amides is 2. The predicted molar refractivity (Wildman–Crippen MR) is 137 cm³/mol. The van der Waals surface area contributed by atoms with E-state index in [1.165, 1.54) is 18.2 Å². The third-order valence-electron chi connectivity index (χ3n) is 3.94. The second kappa shape index (κ2) is 11.5. The van der Waals surface area contributed by atoms with Crippen molar-refractivity contribution in [2.45, 2.75) is 19.9 Å². The number of halogens is 4. The van der Waals surface area contributed by atoms with Gasteiger partial charge in [-0.1, -0.05) is 26.0 Å². The van der Waals surface area contributed by atoms with Gasteiger partial charge < -0.3 is 15.4 Å². The summed E-state index contributed by atoms with van der Waals surface area (Å²) in [6.07, 6.45) is 0. The molecule has 0 aliphatic carbocycles. The van der Waals surface area contributed by atoms with Crippen molar-refractivity contribution in [2.24, 2.45) is 5.92 Å². The van der Waals surface area contributed by atoms with Gasteiger partial charge in [-0.15, -0.1) is 0 Å². The van der Waals surface area contributed by atoms with Crippen LogP contribution in [0.2, 0.25) is 0 Å². The molecule has 30 heavy (non-hydrogen) atoms. The molecule has 0 saturated carbocycles. The molecule has 0 aliphatic rings. The first kappa shape index (κ1) is 25.2. The van der Waals surface area contributed by atoms with Crippen molar-refractivity contribution in [3.63, 3.8) is 0 Å². The minimum atomic E-state index is -1.02. The quantitative estimate of drug-likeness (QED) is 0.321. The second-order valence-electron chi connectivity index (χ2n) is 6.58. The average Bonchev–Trinajstić information content (AvgIpc) is 2.66. The molecule has 2 rings (SSSR count). The number of carbonyl (C=O) groups is 3. The number of anilines is 1. The summed E-state index contributed by atoms with van der Waals surface area (Å²) in [5, 5.41) is 5.21. The Balaban J connectivity index is 1.99. The van der Waals surface area contributed by atoms with Crippen LogP contribution in [-0.2, 0) is 14.3 Å². The van der Waals surface area contributed by atoms with Crippen LogP contribution in [0.15, 0.2) is 36.4 Å². The third-order valence-corrected chi connectivity index (χ3v) is 6.27. The first-order valence-electron chi connectivity index (χ1n) is 8.76. The third kappa shape index (κ3) is 7.00. The maximum absolute atomic E-state index is 13.8. The van der Waals surface area contributed by atoms with Gasteiger partial charge in [0.2, 0.25) is 0 Å². The molecule has 0 bridgehead atoms. The minimum Gasteiger partial charge on any atom is -0.454 e. The van der Waals surface area contributed by atoms with E-state index in [1.807, 2.05) is 12.1 Å². The molecular formula is C20H18FI3N2O4. The Morgan fingerprint density at radius 3 is 2.23 bits per heavy atom. The van der Waals surface area contributed by atoms with E-state index in [-0.39, 0.29) is 11.5 Å². The van der Waals surface area contributed by atoms with Crippen molar-refractivity contribution in [3.05, 3.63) is 58.5 Å². The number of nitrogens with one attached hydrogen (secondary N) is 2. The van der Waals surface area contributed by atoms with E-state index in [9.17, 15) is 18.8 Å². The Kier molecular flexibility index (Phi) is 9.71. The molecule has 2 aromatic carbocycles. The topological polar surface area (TPSA) is 84.5 Å². The standard InChI is InChI=1S/C20H18FI3N2O4/c1-10(2)17(26-19(28)12-5-3-4-6-13(12)21)20(29)30-9-16(27)25-18-14(23)7-11(22)8-15(18)24/h3-8,10,17H,9H2,1-2H3,(H,25,27)(H,26,28). The summed E-state index contributed by atoms with van der Waals surface area (Å²) in [5.74, 6) is -3.00. The molecule has 0 spiro atoms. The van der Waals surface area contributed by atoms with Gasteiger partial charge >= 0.3 is 5.97 Å². The van der Waals surface area contributed by atoms with Crippen LogP contribution >= 0.6 is 67.8 Å². The highest BCUT2D eigenvalue weighted by atomic mass is 127. The Hall–Kier alpha value is -1.03. The summed E-state index contributed by atoms with van der Waals surface area (Å²) in [4.78, 5) is 37.0. The van der Waals surface area contributed by atoms with Crippen LogP contribution in [0, 0.1) is 22.4 Å². The lowest BCUT2D eigenvalue weighted by atomic mass is 10.0. The Bertz CT molecular complexity index is 946. The Labute approximate surface area is 214 Å². The molecule has 0 aliphatic heterocycles. The number of hydrogen-bond acceptors (Lipinski definition) is 4. The van der Waals surface area contributed by atoms with Crippen LogP contribution in [0.25, 0.3) is 0 Å². The van der Waals surface area contributed by atoms with E-state index in [2.05, 4.69) is 78.4 Å². The van der Waals surface area contributed by atoms with Gasteiger partial charge in [0, 0.05) is 10.7 Å². The normalized spacial score (nSPS) is 11.7. The van der Waals surface area contributed by atoms with Crippen molar-refractivity contribution in [2.75, 3.05) is 11.9 Å². The molecule has 0 saturated heterocycles. The van der Waals surface area contributed by atoms with E-state index in [0.29, 0.717) is 5.69 Å². The number of rotatable bonds is 7. The summed E-state index contributed by atoms with van der Waals surface area (Å²) >= 11 is 6.42. The largest absolute Gasteiger partial charge is 0.454 e. The molecule has 6 nitrogen and oxygen atoms in total. The van der Waals surface area contributed by atoms with Crippen molar-refractivity contribution in [1.82, 2.24) is 5.32 Å². The highest BCUT2D eigenvalue weighted by molar-refractivity contribution is 14.1.